The van der Waals surface area contributed by atoms with Crippen LogP contribution in [0, 0.1) is 12.3 Å². The highest BCUT2D eigenvalue weighted by molar-refractivity contribution is 6.03. The molecule has 0 saturated heterocycles. The van der Waals surface area contributed by atoms with Crippen molar-refractivity contribution in [2.75, 3.05) is 11.9 Å². The van der Waals surface area contributed by atoms with Crippen LogP contribution in [0.4, 0.5) is 5.69 Å². The van der Waals surface area contributed by atoms with Gasteiger partial charge in [0.1, 0.15) is 0 Å². The molecule has 5 heteroatoms. The number of aryl methyl sites for hydroxylation is 1. The number of nitrogens with zero attached hydrogens (tertiary/aromatic N) is 1. The molecule has 1 heterocycles. The molecule has 0 aliphatic heterocycles. The van der Waals surface area contributed by atoms with Crippen LogP contribution in [0.25, 0.3) is 10.9 Å². The molecule has 1 aromatic heterocycles. The second kappa shape index (κ2) is 5.63. The lowest BCUT2D eigenvalue weighted by Gasteiger charge is -2.28. The number of nitrogens with two attached hydrogens (primary N) is 1. The highest BCUT2D eigenvalue weighted by Crippen LogP contribution is 2.29. The van der Waals surface area contributed by atoms with Gasteiger partial charge in [-0.15, -0.1) is 0 Å². The van der Waals surface area contributed by atoms with Crippen molar-refractivity contribution in [3.8, 4) is 0 Å². The summed E-state index contributed by atoms with van der Waals surface area (Å²) in [5.41, 5.74) is 8.06. The number of amides is 1. The summed E-state index contributed by atoms with van der Waals surface area (Å²) in [6, 6.07) is 3.88. The third-order valence-electron chi connectivity index (χ3n) is 4.31. The van der Waals surface area contributed by atoms with Gasteiger partial charge in [0.2, 0.25) is 5.91 Å². The summed E-state index contributed by atoms with van der Waals surface area (Å²) in [6.45, 7) is 6.36. The maximum atomic E-state index is 12.6. The van der Waals surface area contributed by atoms with E-state index in [2.05, 4.69) is 15.5 Å². The molecular weight excluding hydrogens is 252 g/mol. The minimum atomic E-state index is -0.503. The fourth-order valence-corrected chi connectivity index (χ4v) is 2.48. The van der Waals surface area contributed by atoms with Crippen molar-refractivity contribution in [2.24, 2.45) is 11.1 Å². The third-order valence-corrected chi connectivity index (χ3v) is 4.31. The number of aromatic amines is 1. The molecule has 0 atom stereocenters. The van der Waals surface area contributed by atoms with E-state index in [9.17, 15) is 4.79 Å². The van der Waals surface area contributed by atoms with E-state index in [0.717, 1.165) is 35.0 Å². The Kier molecular flexibility index (Phi) is 4.09. The van der Waals surface area contributed by atoms with Gasteiger partial charge in [-0.25, -0.2) is 0 Å². The molecule has 5 nitrogen and oxygen atoms in total. The Morgan fingerprint density at radius 1 is 1.40 bits per heavy atom. The third kappa shape index (κ3) is 2.29. The maximum Gasteiger partial charge on any atom is 0.231 e. The van der Waals surface area contributed by atoms with Gasteiger partial charge in [-0.05, 0) is 31.4 Å². The molecule has 0 unspecified atom stereocenters. The lowest BCUT2D eigenvalue weighted by atomic mass is 9.81. The summed E-state index contributed by atoms with van der Waals surface area (Å²) in [6.07, 6.45) is 3.23. The minimum absolute atomic E-state index is 0.0234. The molecule has 0 spiro atoms. The molecule has 0 aliphatic rings. The Labute approximate surface area is 118 Å². The van der Waals surface area contributed by atoms with Gasteiger partial charge in [0.25, 0.3) is 0 Å². The number of benzene rings is 1. The molecule has 1 amide bonds. The van der Waals surface area contributed by atoms with Crippen molar-refractivity contribution in [2.45, 2.75) is 33.6 Å². The number of hydrogen-bond donors (Lipinski definition) is 3. The number of fused-ring (bicyclic) bond motifs is 1. The van der Waals surface area contributed by atoms with Gasteiger partial charge >= 0.3 is 0 Å². The van der Waals surface area contributed by atoms with Crippen molar-refractivity contribution in [3.63, 3.8) is 0 Å². The lowest BCUT2D eigenvalue weighted by molar-refractivity contribution is -0.125. The smallest absolute Gasteiger partial charge is 0.231 e. The number of aromatic nitrogens is 2. The fourth-order valence-electron chi connectivity index (χ4n) is 2.48. The molecule has 0 bridgehead atoms. The first-order valence-electron chi connectivity index (χ1n) is 7.02. The maximum absolute atomic E-state index is 12.6. The van der Waals surface area contributed by atoms with Gasteiger partial charge in [0.15, 0.2) is 0 Å². The molecule has 0 radical (unpaired) electrons. The normalized spacial score (nSPS) is 11.8. The molecule has 2 aromatic rings. The Morgan fingerprint density at radius 2 is 2.10 bits per heavy atom. The number of hydrogen-bond acceptors (Lipinski definition) is 3. The SMILES string of the molecule is CCC(CC)(CN)C(=O)Nc1ccc(C)c2cn[nH]c12. The number of carbonyl (C=O) groups is 1. The van der Waals surface area contributed by atoms with E-state index in [0.29, 0.717) is 6.54 Å². The van der Waals surface area contributed by atoms with E-state index in [4.69, 9.17) is 5.73 Å². The molecule has 4 N–H and O–H groups in total. The lowest BCUT2D eigenvalue weighted by Crippen LogP contribution is -2.41. The second-order valence-corrected chi connectivity index (χ2v) is 5.23. The van der Waals surface area contributed by atoms with Gasteiger partial charge in [0, 0.05) is 11.9 Å². The summed E-state index contributed by atoms with van der Waals surface area (Å²) in [5.74, 6) is -0.0234. The number of carbonyl (C=O) groups excluding carboxylic acids is 1. The highest BCUT2D eigenvalue weighted by Gasteiger charge is 2.33. The van der Waals surface area contributed by atoms with E-state index in [1.807, 2.05) is 32.9 Å². The van der Waals surface area contributed by atoms with Gasteiger partial charge < -0.3 is 11.1 Å². The number of nitrogens with one attached hydrogen (secondary N) is 2. The Bertz CT molecular complexity index is 605. The first-order valence-corrected chi connectivity index (χ1v) is 7.02. The minimum Gasteiger partial charge on any atom is -0.329 e. The zero-order valence-corrected chi connectivity index (χ0v) is 12.3. The van der Waals surface area contributed by atoms with Gasteiger partial charge in [-0.1, -0.05) is 19.9 Å². The predicted octanol–water partition coefficient (Wildman–Crippen LogP) is 2.57. The molecule has 2 rings (SSSR count). The van der Waals surface area contributed by atoms with Crippen LogP contribution in [0.2, 0.25) is 0 Å². The zero-order valence-electron chi connectivity index (χ0n) is 12.3. The summed E-state index contributed by atoms with van der Waals surface area (Å²) < 4.78 is 0. The van der Waals surface area contributed by atoms with Gasteiger partial charge in [-0.3, -0.25) is 9.89 Å². The summed E-state index contributed by atoms with van der Waals surface area (Å²) in [7, 11) is 0. The summed E-state index contributed by atoms with van der Waals surface area (Å²) >= 11 is 0. The number of rotatable bonds is 5. The standard InChI is InChI=1S/C15H22N4O/c1-4-15(5-2,9-16)14(20)18-12-7-6-10(3)11-8-17-19-13(11)12/h6-8H,4-5,9,16H2,1-3H3,(H,17,19)(H,18,20). The average Bonchev–Trinajstić information content (AvgIpc) is 2.95. The molecule has 0 saturated carbocycles. The average molecular weight is 274 g/mol. The molecule has 20 heavy (non-hydrogen) atoms. The molecule has 0 aliphatic carbocycles. The fraction of sp³-hybridized carbons (Fsp3) is 0.467. The van der Waals surface area contributed by atoms with Crippen LogP contribution in [-0.2, 0) is 4.79 Å². The van der Waals surface area contributed by atoms with Gasteiger partial charge in [-0.2, -0.15) is 5.10 Å². The van der Waals surface area contributed by atoms with Crippen LogP contribution in [0.3, 0.4) is 0 Å². The summed E-state index contributed by atoms with van der Waals surface area (Å²) in [5, 5.41) is 11.0. The van der Waals surface area contributed by atoms with Crippen molar-refractivity contribution >= 4 is 22.5 Å². The van der Waals surface area contributed by atoms with Crippen LogP contribution >= 0.6 is 0 Å². The van der Waals surface area contributed by atoms with Crippen LogP contribution in [0.15, 0.2) is 18.3 Å². The molecule has 1 aromatic carbocycles. The van der Waals surface area contributed by atoms with E-state index in [1.54, 1.807) is 6.20 Å². The molecule has 0 fully saturated rings. The number of H-pyrrole nitrogens is 1. The topological polar surface area (TPSA) is 83.8 Å². The molecule has 108 valence electrons. The quantitative estimate of drug-likeness (QED) is 0.783. The predicted molar refractivity (Wildman–Crippen MR) is 81.5 cm³/mol. The van der Waals surface area contributed by atoms with Crippen LogP contribution in [-0.4, -0.2) is 22.6 Å². The van der Waals surface area contributed by atoms with Crippen LogP contribution in [0.5, 0.6) is 0 Å². The summed E-state index contributed by atoms with van der Waals surface area (Å²) in [4.78, 5) is 12.6. The largest absolute Gasteiger partial charge is 0.329 e. The van der Waals surface area contributed by atoms with Crippen molar-refractivity contribution in [1.29, 1.82) is 0 Å². The second-order valence-electron chi connectivity index (χ2n) is 5.23. The van der Waals surface area contributed by atoms with E-state index >= 15 is 0 Å². The zero-order chi connectivity index (χ0) is 14.8. The van der Waals surface area contributed by atoms with Crippen LogP contribution in [0.1, 0.15) is 32.3 Å². The van der Waals surface area contributed by atoms with E-state index in [1.165, 1.54) is 0 Å². The molecular formula is C15H22N4O. The first kappa shape index (κ1) is 14.5. The van der Waals surface area contributed by atoms with Crippen molar-refractivity contribution < 1.29 is 4.79 Å². The Morgan fingerprint density at radius 3 is 2.70 bits per heavy atom. The number of anilines is 1. The Balaban J connectivity index is 2.35. The monoisotopic (exact) mass is 274 g/mol. The Hall–Kier alpha value is -1.88. The van der Waals surface area contributed by atoms with E-state index < -0.39 is 5.41 Å². The van der Waals surface area contributed by atoms with Gasteiger partial charge in [0.05, 0.1) is 22.8 Å². The van der Waals surface area contributed by atoms with E-state index in [-0.39, 0.29) is 5.91 Å². The van der Waals surface area contributed by atoms with Crippen LogP contribution < -0.4 is 11.1 Å². The van der Waals surface area contributed by atoms with Crippen molar-refractivity contribution in [1.82, 2.24) is 10.2 Å². The van der Waals surface area contributed by atoms with Crippen molar-refractivity contribution in [3.05, 3.63) is 23.9 Å². The highest BCUT2D eigenvalue weighted by atomic mass is 16.2. The first-order chi connectivity index (χ1) is 9.57.